The fourth-order valence-corrected chi connectivity index (χ4v) is 1.33. The highest BCUT2D eigenvalue weighted by molar-refractivity contribution is 6.02. The Kier molecular flexibility index (Phi) is 2.07. The van der Waals surface area contributed by atoms with E-state index in [1.165, 1.54) is 7.11 Å². The summed E-state index contributed by atoms with van der Waals surface area (Å²) in [6.07, 6.45) is 0. The van der Waals surface area contributed by atoms with Crippen LogP contribution in [0.15, 0.2) is 16.5 Å². The maximum absolute atomic E-state index is 11.3. The van der Waals surface area contributed by atoms with E-state index < -0.39 is 5.97 Å². The van der Waals surface area contributed by atoms with E-state index >= 15 is 0 Å². The van der Waals surface area contributed by atoms with Crippen LogP contribution in [0.1, 0.15) is 16.2 Å². The molecule has 0 atom stereocenters. The molecule has 0 bridgehead atoms. The molecule has 2 N–H and O–H groups in total. The first-order chi connectivity index (χ1) is 7.13. The third-order valence-electron chi connectivity index (χ3n) is 2.10. The van der Waals surface area contributed by atoms with Gasteiger partial charge in [-0.05, 0) is 19.1 Å². The second-order valence-electron chi connectivity index (χ2n) is 3.14. The van der Waals surface area contributed by atoms with E-state index in [2.05, 4.69) is 9.72 Å². The van der Waals surface area contributed by atoms with Crippen LogP contribution in [0.2, 0.25) is 0 Å². The van der Waals surface area contributed by atoms with Crippen LogP contribution in [0, 0.1) is 6.92 Å². The summed E-state index contributed by atoms with van der Waals surface area (Å²) < 4.78 is 9.76. The average molecular weight is 206 g/mol. The molecule has 0 radical (unpaired) electrons. The van der Waals surface area contributed by atoms with Crippen molar-refractivity contribution in [3.63, 3.8) is 0 Å². The van der Waals surface area contributed by atoms with Gasteiger partial charge in [-0.1, -0.05) is 0 Å². The molecule has 0 spiro atoms. The lowest BCUT2D eigenvalue weighted by molar-refractivity contribution is 0.0569. The van der Waals surface area contributed by atoms with Crippen molar-refractivity contribution in [3.05, 3.63) is 23.6 Å². The largest absolute Gasteiger partial charge is 0.463 e. The first-order valence-corrected chi connectivity index (χ1v) is 4.37. The number of fused-ring (bicyclic) bond motifs is 1. The molecule has 2 aromatic rings. The SMILES string of the molecule is COC(=O)c1oc2nc(C)ccc2c1N. The van der Waals surface area contributed by atoms with E-state index in [-0.39, 0.29) is 11.4 Å². The summed E-state index contributed by atoms with van der Waals surface area (Å²) in [7, 11) is 1.27. The number of furan rings is 1. The molecule has 0 saturated heterocycles. The molecule has 0 fully saturated rings. The summed E-state index contributed by atoms with van der Waals surface area (Å²) in [5, 5.41) is 0.626. The zero-order valence-corrected chi connectivity index (χ0v) is 8.40. The zero-order chi connectivity index (χ0) is 11.0. The van der Waals surface area contributed by atoms with Crippen molar-refractivity contribution in [2.24, 2.45) is 0 Å². The van der Waals surface area contributed by atoms with Crippen LogP contribution in [0.3, 0.4) is 0 Å². The molecule has 0 aliphatic carbocycles. The number of esters is 1. The fourth-order valence-electron chi connectivity index (χ4n) is 1.33. The normalized spacial score (nSPS) is 10.5. The Labute approximate surface area is 85.8 Å². The predicted octanol–water partition coefficient (Wildman–Crippen LogP) is 1.51. The van der Waals surface area contributed by atoms with E-state index in [0.29, 0.717) is 11.1 Å². The summed E-state index contributed by atoms with van der Waals surface area (Å²) in [4.78, 5) is 15.4. The number of anilines is 1. The predicted molar refractivity (Wildman–Crippen MR) is 54.5 cm³/mol. The van der Waals surface area contributed by atoms with Gasteiger partial charge in [0.15, 0.2) is 0 Å². The maximum atomic E-state index is 11.3. The van der Waals surface area contributed by atoms with Crippen LogP contribution in [0.4, 0.5) is 5.69 Å². The van der Waals surface area contributed by atoms with Gasteiger partial charge >= 0.3 is 5.97 Å². The first-order valence-electron chi connectivity index (χ1n) is 4.37. The number of carbonyl (C=O) groups is 1. The summed E-state index contributed by atoms with van der Waals surface area (Å²) in [5.74, 6) is -0.589. The van der Waals surface area contributed by atoms with E-state index in [0.717, 1.165) is 5.69 Å². The highest BCUT2D eigenvalue weighted by Gasteiger charge is 2.19. The third-order valence-corrected chi connectivity index (χ3v) is 2.10. The Bertz CT molecular complexity index is 531. The minimum Gasteiger partial charge on any atom is -0.463 e. The van der Waals surface area contributed by atoms with Crippen molar-refractivity contribution in [2.45, 2.75) is 6.92 Å². The standard InChI is InChI=1S/C10H10N2O3/c1-5-3-4-6-7(11)8(10(13)14-2)15-9(6)12-5/h3-4H,11H2,1-2H3. The topological polar surface area (TPSA) is 78.3 Å². The Hall–Kier alpha value is -2.04. The molecule has 5 nitrogen and oxygen atoms in total. The van der Waals surface area contributed by atoms with Gasteiger partial charge in [-0.25, -0.2) is 9.78 Å². The van der Waals surface area contributed by atoms with Gasteiger partial charge in [0.1, 0.15) is 0 Å². The number of aryl methyl sites for hydroxylation is 1. The number of nitrogen functional groups attached to an aromatic ring is 1. The number of carbonyl (C=O) groups excluding carboxylic acids is 1. The van der Waals surface area contributed by atoms with Crippen LogP contribution in [0.25, 0.3) is 11.1 Å². The van der Waals surface area contributed by atoms with E-state index in [1.54, 1.807) is 12.1 Å². The van der Waals surface area contributed by atoms with Gasteiger partial charge in [-0.15, -0.1) is 0 Å². The number of aromatic nitrogens is 1. The lowest BCUT2D eigenvalue weighted by atomic mass is 10.2. The molecule has 2 rings (SSSR count). The number of methoxy groups -OCH3 is 1. The number of hydrogen-bond acceptors (Lipinski definition) is 5. The highest BCUT2D eigenvalue weighted by atomic mass is 16.5. The molecular formula is C10H10N2O3. The van der Waals surface area contributed by atoms with Crippen LogP contribution < -0.4 is 5.73 Å². The van der Waals surface area contributed by atoms with Gasteiger partial charge in [-0.2, -0.15) is 0 Å². The molecule has 15 heavy (non-hydrogen) atoms. The lowest BCUT2D eigenvalue weighted by Gasteiger charge is -1.93. The van der Waals surface area contributed by atoms with Gasteiger partial charge < -0.3 is 14.9 Å². The number of nitrogens with two attached hydrogens (primary N) is 1. The second kappa shape index (κ2) is 3.27. The Morgan fingerprint density at radius 2 is 2.27 bits per heavy atom. The van der Waals surface area contributed by atoms with Crippen molar-refractivity contribution < 1.29 is 13.9 Å². The number of ether oxygens (including phenoxy) is 1. The van der Waals surface area contributed by atoms with Crippen molar-refractivity contribution in [1.82, 2.24) is 4.98 Å². The smallest absolute Gasteiger partial charge is 0.376 e. The quantitative estimate of drug-likeness (QED) is 0.715. The lowest BCUT2D eigenvalue weighted by Crippen LogP contribution is -2.02. The van der Waals surface area contributed by atoms with Gasteiger partial charge in [0.25, 0.3) is 0 Å². The fraction of sp³-hybridized carbons (Fsp3) is 0.200. The van der Waals surface area contributed by atoms with Gasteiger partial charge in [0.2, 0.25) is 11.5 Å². The highest BCUT2D eigenvalue weighted by Crippen LogP contribution is 2.27. The Balaban J connectivity index is 2.69. The number of hydrogen-bond donors (Lipinski definition) is 1. The van der Waals surface area contributed by atoms with Crippen molar-refractivity contribution in [1.29, 1.82) is 0 Å². The summed E-state index contributed by atoms with van der Waals surface area (Å²) in [6, 6.07) is 3.57. The van der Waals surface area contributed by atoms with Crippen LogP contribution in [0.5, 0.6) is 0 Å². The first kappa shape index (κ1) is 9.51. The minimum atomic E-state index is -0.594. The number of rotatable bonds is 1. The Morgan fingerprint density at radius 1 is 1.53 bits per heavy atom. The third kappa shape index (κ3) is 1.41. The van der Waals surface area contributed by atoms with Crippen molar-refractivity contribution in [2.75, 3.05) is 12.8 Å². The molecule has 5 heteroatoms. The van der Waals surface area contributed by atoms with Gasteiger partial charge in [-0.3, -0.25) is 0 Å². The van der Waals surface area contributed by atoms with E-state index in [4.69, 9.17) is 10.2 Å². The summed E-state index contributed by atoms with van der Waals surface area (Å²) in [6.45, 7) is 1.83. The Morgan fingerprint density at radius 3 is 2.93 bits per heavy atom. The maximum Gasteiger partial charge on any atom is 0.376 e. The summed E-state index contributed by atoms with van der Waals surface area (Å²) >= 11 is 0. The van der Waals surface area contributed by atoms with Gasteiger partial charge in [0.05, 0.1) is 18.2 Å². The molecule has 2 heterocycles. The summed E-state index contributed by atoms with van der Waals surface area (Å²) in [5.41, 5.74) is 7.15. The molecule has 2 aromatic heterocycles. The minimum absolute atomic E-state index is 0.00519. The molecule has 78 valence electrons. The molecule has 0 saturated carbocycles. The molecule has 0 unspecified atom stereocenters. The zero-order valence-electron chi connectivity index (χ0n) is 8.40. The van der Waals surface area contributed by atoms with Crippen LogP contribution in [-0.2, 0) is 4.74 Å². The van der Waals surface area contributed by atoms with Crippen LogP contribution in [-0.4, -0.2) is 18.1 Å². The number of nitrogens with zero attached hydrogens (tertiary/aromatic N) is 1. The second-order valence-corrected chi connectivity index (χ2v) is 3.14. The molecule has 0 amide bonds. The average Bonchev–Trinajstić information content (AvgIpc) is 2.54. The van der Waals surface area contributed by atoms with E-state index in [1.807, 2.05) is 6.92 Å². The molecule has 0 aliphatic rings. The molecule has 0 aliphatic heterocycles. The van der Waals surface area contributed by atoms with E-state index in [9.17, 15) is 4.79 Å². The van der Waals surface area contributed by atoms with Crippen LogP contribution >= 0.6 is 0 Å². The molecular weight excluding hydrogens is 196 g/mol. The van der Waals surface area contributed by atoms with Crippen molar-refractivity contribution >= 4 is 22.8 Å². The monoisotopic (exact) mass is 206 g/mol. The molecule has 0 aromatic carbocycles. The van der Waals surface area contributed by atoms with Gasteiger partial charge in [0, 0.05) is 5.69 Å². The van der Waals surface area contributed by atoms with Crippen molar-refractivity contribution in [3.8, 4) is 0 Å². The number of pyridine rings is 1.